The fourth-order valence-corrected chi connectivity index (χ4v) is 2.64. The summed E-state index contributed by atoms with van der Waals surface area (Å²) in [4.78, 5) is 24.6. The van der Waals surface area contributed by atoms with Crippen LogP contribution in [0.15, 0.2) is 24.3 Å². The molecule has 19 heavy (non-hydrogen) atoms. The Morgan fingerprint density at radius 1 is 1.42 bits per heavy atom. The second-order valence-electron chi connectivity index (χ2n) is 4.67. The minimum atomic E-state index is -0.864. The van der Waals surface area contributed by atoms with E-state index in [-0.39, 0.29) is 5.91 Å². The van der Waals surface area contributed by atoms with Gasteiger partial charge in [0.2, 0.25) is 5.91 Å². The van der Waals surface area contributed by atoms with Gasteiger partial charge in [0.1, 0.15) is 5.75 Å². The van der Waals surface area contributed by atoms with Crippen molar-refractivity contribution in [2.45, 2.75) is 19.4 Å². The van der Waals surface area contributed by atoms with Crippen molar-refractivity contribution in [2.24, 2.45) is 5.92 Å². The van der Waals surface area contributed by atoms with Gasteiger partial charge in [-0.1, -0.05) is 12.1 Å². The maximum Gasteiger partial charge on any atom is 0.309 e. The SMILES string of the molecule is COc1cccc([C@@H]2[C@H](C(=O)O)CCN2C(C)=O)c1. The molecule has 1 heterocycles. The Balaban J connectivity index is 2.40. The molecule has 1 fully saturated rings. The normalized spacial score (nSPS) is 22.3. The van der Waals surface area contributed by atoms with Crippen molar-refractivity contribution in [1.29, 1.82) is 0 Å². The van der Waals surface area contributed by atoms with Gasteiger partial charge < -0.3 is 14.7 Å². The molecular weight excluding hydrogens is 246 g/mol. The molecule has 0 bridgehead atoms. The minimum absolute atomic E-state index is 0.100. The number of likely N-dealkylation sites (tertiary alicyclic amines) is 1. The van der Waals surface area contributed by atoms with Gasteiger partial charge in [0, 0.05) is 13.5 Å². The first-order valence-electron chi connectivity index (χ1n) is 6.18. The van der Waals surface area contributed by atoms with Crippen LogP contribution in [0.1, 0.15) is 24.9 Å². The van der Waals surface area contributed by atoms with Crippen LogP contribution in [0.3, 0.4) is 0 Å². The second kappa shape index (κ2) is 5.30. The Morgan fingerprint density at radius 3 is 2.74 bits per heavy atom. The lowest BCUT2D eigenvalue weighted by Crippen LogP contribution is -2.31. The first-order valence-corrected chi connectivity index (χ1v) is 6.18. The lowest BCUT2D eigenvalue weighted by atomic mass is 9.93. The van der Waals surface area contributed by atoms with Gasteiger partial charge in [0.05, 0.1) is 19.1 Å². The first-order chi connectivity index (χ1) is 9.04. The van der Waals surface area contributed by atoms with Crippen LogP contribution in [-0.2, 0) is 9.59 Å². The van der Waals surface area contributed by atoms with E-state index in [1.54, 1.807) is 24.1 Å². The Hall–Kier alpha value is -2.04. The van der Waals surface area contributed by atoms with Crippen LogP contribution >= 0.6 is 0 Å². The quantitative estimate of drug-likeness (QED) is 0.901. The van der Waals surface area contributed by atoms with Crippen LogP contribution < -0.4 is 4.74 Å². The molecule has 0 aromatic heterocycles. The van der Waals surface area contributed by atoms with E-state index in [0.717, 1.165) is 5.56 Å². The van der Waals surface area contributed by atoms with Gasteiger partial charge in [-0.2, -0.15) is 0 Å². The number of hydrogen-bond acceptors (Lipinski definition) is 3. The first kappa shape index (κ1) is 13.4. The third-order valence-corrected chi connectivity index (χ3v) is 3.55. The molecule has 1 aromatic rings. The number of carbonyl (C=O) groups excluding carboxylic acids is 1. The van der Waals surface area contributed by atoms with Gasteiger partial charge in [0.15, 0.2) is 0 Å². The summed E-state index contributed by atoms with van der Waals surface area (Å²) in [5.74, 6) is -0.860. The van der Waals surface area contributed by atoms with Gasteiger partial charge >= 0.3 is 5.97 Å². The third kappa shape index (κ3) is 2.54. The van der Waals surface area contributed by atoms with E-state index in [1.807, 2.05) is 12.1 Å². The van der Waals surface area contributed by atoms with Crippen LogP contribution in [-0.4, -0.2) is 35.5 Å². The molecule has 5 heteroatoms. The predicted octanol–water partition coefficient (Wildman–Crippen LogP) is 1.69. The van der Waals surface area contributed by atoms with Crippen LogP contribution in [0.25, 0.3) is 0 Å². The highest BCUT2D eigenvalue weighted by Gasteiger charge is 2.41. The average molecular weight is 263 g/mol. The summed E-state index contributed by atoms with van der Waals surface area (Å²) >= 11 is 0. The molecule has 0 unspecified atom stereocenters. The van der Waals surface area contributed by atoms with Gasteiger partial charge in [-0.15, -0.1) is 0 Å². The third-order valence-electron chi connectivity index (χ3n) is 3.55. The molecule has 102 valence electrons. The van der Waals surface area contributed by atoms with Gasteiger partial charge in [0.25, 0.3) is 0 Å². The Kier molecular flexibility index (Phi) is 3.74. The van der Waals surface area contributed by atoms with E-state index in [2.05, 4.69) is 0 Å². The van der Waals surface area contributed by atoms with Crippen molar-refractivity contribution in [1.82, 2.24) is 4.90 Å². The number of benzene rings is 1. The van der Waals surface area contributed by atoms with Crippen molar-refractivity contribution in [3.8, 4) is 5.75 Å². The number of methoxy groups -OCH3 is 1. The van der Waals surface area contributed by atoms with Crippen LogP contribution in [0.5, 0.6) is 5.75 Å². The molecule has 1 amide bonds. The van der Waals surface area contributed by atoms with E-state index < -0.39 is 17.9 Å². The van der Waals surface area contributed by atoms with E-state index in [4.69, 9.17) is 4.74 Å². The number of ether oxygens (including phenoxy) is 1. The lowest BCUT2D eigenvalue weighted by molar-refractivity contribution is -0.143. The Bertz CT molecular complexity index is 478. The van der Waals surface area contributed by atoms with Crippen molar-refractivity contribution in [3.05, 3.63) is 29.8 Å². The van der Waals surface area contributed by atoms with E-state index in [9.17, 15) is 14.7 Å². The summed E-state index contributed by atoms with van der Waals surface area (Å²) < 4.78 is 5.15. The zero-order valence-corrected chi connectivity index (χ0v) is 11.0. The van der Waals surface area contributed by atoms with Crippen molar-refractivity contribution in [2.75, 3.05) is 13.7 Å². The van der Waals surface area contributed by atoms with Crippen molar-refractivity contribution in [3.63, 3.8) is 0 Å². The number of aliphatic carboxylic acids is 1. The van der Waals surface area contributed by atoms with E-state index in [0.29, 0.717) is 18.7 Å². The molecule has 1 N–H and O–H groups in total. The second-order valence-corrected chi connectivity index (χ2v) is 4.67. The van der Waals surface area contributed by atoms with E-state index in [1.165, 1.54) is 6.92 Å². The molecule has 0 radical (unpaired) electrons. The number of amides is 1. The standard InChI is InChI=1S/C14H17NO4/c1-9(16)15-7-6-12(14(17)18)13(15)10-4-3-5-11(8-10)19-2/h3-5,8,12-13H,6-7H2,1-2H3,(H,17,18)/t12-,13-/m1/s1. The van der Waals surface area contributed by atoms with Crippen LogP contribution in [0, 0.1) is 5.92 Å². The minimum Gasteiger partial charge on any atom is -0.497 e. The largest absolute Gasteiger partial charge is 0.497 e. The molecule has 1 aliphatic rings. The summed E-state index contributed by atoms with van der Waals surface area (Å²) in [5.41, 5.74) is 0.805. The highest BCUT2D eigenvalue weighted by Crippen LogP contribution is 2.38. The monoisotopic (exact) mass is 263 g/mol. The highest BCUT2D eigenvalue weighted by molar-refractivity contribution is 5.78. The number of carbonyl (C=O) groups is 2. The molecule has 0 aliphatic carbocycles. The number of nitrogens with zero attached hydrogens (tertiary/aromatic N) is 1. The summed E-state index contributed by atoms with van der Waals surface area (Å²) in [5, 5.41) is 9.30. The maximum atomic E-state index is 11.7. The molecular formula is C14H17NO4. The van der Waals surface area contributed by atoms with Gasteiger partial charge in [-0.05, 0) is 24.1 Å². The molecule has 2 atom stereocenters. The number of carboxylic acid groups (broad SMARTS) is 1. The average Bonchev–Trinajstić information content (AvgIpc) is 2.83. The Labute approximate surface area is 111 Å². The molecule has 1 aliphatic heterocycles. The number of carboxylic acids is 1. The van der Waals surface area contributed by atoms with Crippen molar-refractivity contribution < 1.29 is 19.4 Å². The zero-order chi connectivity index (χ0) is 14.0. The summed E-state index contributed by atoms with van der Waals surface area (Å²) in [6, 6.07) is 6.83. The molecule has 1 saturated heterocycles. The fourth-order valence-electron chi connectivity index (χ4n) is 2.64. The topological polar surface area (TPSA) is 66.8 Å². The zero-order valence-electron chi connectivity index (χ0n) is 11.0. The molecule has 0 saturated carbocycles. The lowest BCUT2D eigenvalue weighted by Gasteiger charge is -2.26. The Morgan fingerprint density at radius 2 is 2.16 bits per heavy atom. The van der Waals surface area contributed by atoms with Gasteiger partial charge in [-0.3, -0.25) is 9.59 Å². The van der Waals surface area contributed by atoms with Crippen LogP contribution in [0.4, 0.5) is 0 Å². The smallest absolute Gasteiger partial charge is 0.309 e. The van der Waals surface area contributed by atoms with Gasteiger partial charge in [-0.25, -0.2) is 0 Å². The molecule has 5 nitrogen and oxygen atoms in total. The summed E-state index contributed by atoms with van der Waals surface area (Å²) in [7, 11) is 1.56. The summed E-state index contributed by atoms with van der Waals surface area (Å²) in [6.07, 6.45) is 0.483. The summed E-state index contributed by atoms with van der Waals surface area (Å²) in [6.45, 7) is 1.95. The predicted molar refractivity (Wildman–Crippen MR) is 68.9 cm³/mol. The number of hydrogen-bond donors (Lipinski definition) is 1. The van der Waals surface area contributed by atoms with E-state index >= 15 is 0 Å². The number of rotatable bonds is 3. The molecule has 2 rings (SSSR count). The fraction of sp³-hybridized carbons (Fsp3) is 0.429. The maximum absolute atomic E-state index is 11.7. The highest BCUT2D eigenvalue weighted by atomic mass is 16.5. The molecule has 0 spiro atoms. The van der Waals surface area contributed by atoms with Crippen molar-refractivity contribution >= 4 is 11.9 Å². The molecule has 1 aromatic carbocycles. The van der Waals surface area contributed by atoms with Crippen LogP contribution in [0.2, 0.25) is 0 Å².